The highest BCUT2D eigenvalue weighted by atomic mass is 79.9. The molecule has 0 atom stereocenters. The van der Waals surface area contributed by atoms with E-state index < -0.39 is 5.97 Å². The van der Waals surface area contributed by atoms with Crippen LogP contribution in [0.2, 0.25) is 10.3 Å². The summed E-state index contributed by atoms with van der Waals surface area (Å²) in [7, 11) is 0. The fourth-order valence-corrected chi connectivity index (χ4v) is 2.06. The van der Waals surface area contributed by atoms with Crippen molar-refractivity contribution in [3.8, 4) is 11.3 Å². The lowest BCUT2D eigenvalue weighted by atomic mass is 10.1. The third-order valence-corrected chi connectivity index (χ3v) is 3.49. The molecule has 1 aromatic carbocycles. The Morgan fingerprint density at radius 2 is 1.72 bits per heavy atom. The molecule has 7 heteroatoms. The fourth-order valence-electron chi connectivity index (χ4n) is 1.33. The van der Waals surface area contributed by atoms with E-state index >= 15 is 0 Å². The van der Waals surface area contributed by atoms with Crippen LogP contribution in [0.1, 0.15) is 10.4 Å². The maximum atomic E-state index is 10.7. The number of halogens is 3. The molecule has 0 amide bonds. The quantitative estimate of drug-likeness (QED) is 0.894. The summed E-state index contributed by atoms with van der Waals surface area (Å²) >= 11 is 14.9. The van der Waals surface area contributed by atoms with E-state index in [0.717, 1.165) is 0 Å². The molecule has 0 aliphatic rings. The molecule has 0 radical (unpaired) electrons. The molecule has 4 nitrogen and oxygen atoms in total. The van der Waals surface area contributed by atoms with Gasteiger partial charge in [0.2, 0.25) is 0 Å². The van der Waals surface area contributed by atoms with E-state index in [1.807, 2.05) is 0 Å². The molecule has 0 unspecified atom stereocenters. The Kier molecular flexibility index (Phi) is 3.85. The monoisotopic (exact) mass is 346 g/mol. The van der Waals surface area contributed by atoms with Gasteiger partial charge in [-0.3, -0.25) is 0 Å². The smallest absolute Gasteiger partial charge is 0.335 e. The highest BCUT2D eigenvalue weighted by molar-refractivity contribution is 9.10. The van der Waals surface area contributed by atoms with Crippen LogP contribution in [0.25, 0.3) is 11.3 Å². The molecule has 18 heavy (non-hydrogen) atoms. The highest BCUT2D eigenvalue weighted by Gasteiger charge is 2.12. The van der Waals surface area contributed by atoms with Crippen LogP contribution in [-0.2, 0) is 0 Å². The number of nitrogens with zero attached hydrogens (tertiary/aromatic N) is 2. The van der Waals surface area contributed by atoms with Gasteiger partial charge in [-0.2, -0.15) is 0 Å². The molecule has 92 valence electrons. The molecule has 0 saturated carbocycles. The molecule has 2 aromatic rings. The van der Waals surface area contributed by atoms with Gasteiger partial charge in [0.15, 0.2) is 10.3 Å². The predicted octanol–water partition coefficient (Wildman–Crippen LogP) is 3.91. The Bertz CT molecular complexity index is 617. The van der Waals surface area contributed by atoms with Crippen LogP contribution in [0.3, 0.4) is 0 Å². The summed E-state index contributed by atoms with van der Waals surface area (Å²) in [6.45, 7) is 0. The average molecular weight is 348 g/mol. The lowest BCUT2D eigenvalue weighted by Gasteiger charge is -2.05. The van der Waals surface area contributed by atoms with Gasteiger partial charge in [0.25, 0.3) is 0 Å². The standard InChI is InChI=1S/C11H5BrCl2N2O2/c12-8-10(14)15-7(9(13)16-8)5-1-3-6(4-2-5)11(17)18/h1-4H,(H,17,18). The van der Waals surface area contributed by atoms with Crippen molar-refractivity contribution in [1.29, 1.82) is 0 Å². The van der Waals surface area contributed by atoms with E-state index in [0.29, 0.717) is 15.9 Å². The zero-order valence-electron chi connectivity index (χ0n) is 8.69. The topological polar surface area (TPSA) is 63.1 Å². The summed E-state index contributed by atoms with van der Waals surface area (Å²) in [4.78, 5) is 18.8. The molecular formula is C11H5BrCl2N2O2. The van der Waals surface area contributed by atoms with Gasteiger partial charge in [0, 0.05) is 5.56 Å². The van der Waals surface area contributed by atoms with Crippen LogP contribution in [-0.4, -0.2) is 21.0 Å². The second kappa shape index (κ2) is 5.22. The Labute approximate surface area is 121 Å². The number of aromatic carboxylic acids is 1. The first-order valence-electron chi connectivity index (χ1n) is 4.71. The predicted molar refractivity (Wildman–Crippen MR) is 72.1 cm³/mol. The van der Waals surface area contributed by atoms with Crippen molar-refractivity contribution in [3.05, 3.63) is 44.7 Å². The SMILES string of the molecule is O=C(O)c1ccc(-c2nc(Cl)c(Br)nc2Cl)cc1. The van der Waals surface area contributed by atoms with E-state index in [9.17, 15) is 4.79 Å². The van der Waals surface area contributed by atoms with Crippen molar-refractivity contribution in [2.45, 2.75) is 0 Å². The maximum absolute atomic E-state index is 10.7. The van der Waals surface area contributed by atoms with Crippen molar-refractivity contribution in [2.24, 2.45) is 0 Å². The van der Waals surface area contributed by atoms with Crippen molar-refractivity contribution < 1.29 is 9.90 Å². The number of carboxylic acid groups (broad SMARTS) is 1. The van der Waals surface area contributed by atoms with Crippen LogP contribution < -0.4 is 0 Å². The number of hydrogen-bond acceptors (Lipinski definition) is 3. The molecule has 0 bridgehead atoms. The van der Waals surface area contributed by atoms with Gasteiger partial charge in [-0.05, 0) is 28.1 Å². The van der Waals surface area contributed by atoms with E-state index in [2.05, 4.69) is 25.9 Å². The van der Waals surface area contributed by atoms with Gasteiger partial charge >= 0.3 is 5.97 Å². The van der Waals surface area contributed by atoms with Gasteiger partial charge in [0.1, 0.15) is 10.3 Å². The highest BCUT2D eigenvalue weighted by Crippen LogP contribution is 2.29. The summed E-state index contributed by atoms with van der Waals surface area (Å²) in [5, 5.41) is 9.18. The van der Waals surface area contributed by atoms with Gasteiger partial charge < -0.3 is 5.11 Å². The zero-order chi connectivity index (χ0) is 13.3. The van der Waals surface area contributed by atoms with Crippen LogP contribution in [0.5, 0.6) is 0 Å². The molecule has 0 aliphatic carbocycles. The van der Waals surface area contributed by atoms with Crippen LogP contribution in [0, 0.1) is 0 Å². The van der Waals surface area contributed by atoms with Crippen LogP contribution in [0.4, 0.5) is 0 Å². The first-order chi connectivity index (χ1) is 8.49. The van der Waals surface area contributed by atoms with Crippen molar-refractivity contribution in [1.82, 2.24) is 9.97 Å². The Morgan fingerprint density at radius 3 is 2.28 bits per heavy atom. The number of rotatable bonds is 2. The molecule has 1 heterocycles. The summed E-state index contributed by atoms with van der Waals surface area (Å²) in [6.07, 6.45) is 0. The van der Waals surface area contributed by atoms with Crippen LogP contribution in [0.15, 0.2) is 28.9 Å². The van der Waals surface area contributed by atoms with Crippen molar-refractivity contribution >= 4 is 45.1 Å². The second-order valence-corrected chi connectivity index (χ2v) is 4.79. The first-order valence-corrected chi connectivity index (χ1v) is 6.26. The number of carboxylic acids is 1. The third-order valence-electron chi connectivity index (χ3n) is 2.18. The average Bonchev–Trinajstić information content (AvgIpc) is 2.34. The molecule has 0 fully saturated rings. The van der Waals surface area contributed by atoms with E-state index in [4.69, 9.17) is 28.3 Å². The molecule has 1 N–H and O–H groups in total. The van der Waals surface area contributed by atoms with Crippen molar-refractivity contribution in [2.75, 3.05) is 0 Å². The van der Waals surface area contributed by atoms with E-state index in [-0.39, 0.29) is 15.9 Å². The Hall–Kier alpha value is -1.17. The zero-order valence-corrected chi connectivity index (χ0v) is 11.8. The molecular weight excluding hydrogens is 343 g/mol. The van der Waals surface area contributed by atoms with Gasteiger partial charge in [-0.15, -0.1) is 0 Å². The van der Waals surface area contributed by atoms with Crippen molar-refractivity contribution in [3.63, 3.8) is 0 Å². The summed E-state index contributed by atoms with van der Waals surface area (Å²) < 4.78 is 0.361. The van der Waals surface area contributed by atoms with E-state index in [1.54, 1.807) is 12.1 Å². The fraction of sp³-hybridized carbons (Fsp3) is 0. The Morgan fingerprint density at radius 1 is 1.11 bits per heavy atom. The molecule has 0 spiro atoms. The minimum Gasteiger partial charge on any atom is -0.478 e. The lowest BCUT2D eigenvalue weighted by molar-refractivity contribution is 0.0697. The second-order valence-electron chi connectivity index (χ2n) is 3.33. The maximum Gasteiger partial charge on any atom is 0.335 e. The minimum atomic E-state index is -0.993. The Balaban J connectivity index is 2.49. The number of aromatic nitrogens is 2. The molecule has 0 aliphatic heterocycles. The molecule has 0 saturated heterocycles. The normalized spacial score (nSPS) is 10.4. The largest absolute Gasteiger partial charge is 0.478 e. The van der Waals surface area contributed by atoms with Gasteiger partial charge in [0.05, 0.1) is 5.56 Å². The first kappa shape index (κ1) is 13.3. The van der Waals surface area contributed by atoms with Crippen LogP contribution >= 0.6 is 39.1 Å². The summed E-state index contributed by atoms with van der Waals surface area (Å²) in [5.41, 5.74) is 1.24. The number of hydrogen-bond donors (Lipinski definition) is 1. The summed E-state index contributed by atoms with van der Waals surface area (Å²) in [5.74, 6) is -0.993. The molecule has 2 rings (SSSR count). The van der Waals surface area contributed by atoms with Gasteiger partial charge in [-0.25, -0.2) is 14.8 Å². The number of carbonyl (C=O) groups is 1. The van der Waals surface area contributed by atoms with Gasteiger partial charge in [-0.1, -0.05) is 35.3 Å². The molecule has 1 aromatic heterocycles. The lowest BCUT2D eigenvalue weighted by Crippen LogP contribution is -1.96. The minimum absolute atomic E-state index is 0.186. The third kappa shape index (κ3) is 2.63. The summed E-state index contributed by atoms with van der Waals surface area (Å²) in [6, 6.07) is 6.13. The number of benzene rings is 1. The van der Waals surface area contributed by atoms with E-state index in [1.165, 1.54) is 12.1 Å².